The highest BCUT2D eigenvalue weighted by Crippen LogP contribution is 2.47. The van der Waals surface area contributed by atoms with Gasteiger partial charge in [-0.05, 0) is 31.7 Å². The van der Waals surface area contributed by atoms with Gasteiger partial charge >= 0.3 is 6.03 Å². The number of para-hydroxylation sites is 1. The zero-order valence-corrected chi connectivity index (χ0v) is 16.2. The number of carbonyl (C=O) groups is 1. The van der Waals surface area contributed by atoms with Gasteiger partial charge in [0.15, 0.2) is 0 Å². The summed E-state index contributed by atoms with van der Waals surface area (Å²) in [7, 11) is 3.88. The molecule has 0 bridgehead atoms. The van der Waals surface area contributed by atoms with E-state index in [1.165, 1.54) is 10.9 Å². The number of furan rings is 1. The molecule has 0 aliphatic carbocycles. The summed E-state index contributed by atoms with van der Waals surface area (Å²) in [5.41, 5.74) is 2.36. The minimum atomic E-state index is -0.0294. The Balaban J connectivity index is 0.00000168. The highest BCUT2D eigenvalue weighted by molar-refractivity contribution is 5.85. The zero-order chi connectivity index (χ0) is 17.2. The summed E-state index contributed by atoms with van der Waals surface area (Å²) < 4.78 is 6.32. The van der Waals surface area contributed by atoms with Crippen molar-refractivity contribution < 1.29 is 9.21 Å². The molecule has 2 fully saturated rings. The molecule has 26 heavy (non-hydrogen) atoms. The Bertz CT molecular complexity index is 851. The normalized spacial score (nSPS) is 28.8. The lowest BCUT2D eigenvalue weighted by Gasteiger charge is -2.54. The average Bonchev–Trinajstić information content (AvgIpc) is 3.03. The molecule has 6 heteroatoms. The van der Waals surface area contributed by atoms with Gasteiger partial charge in [-0.3, -0.25) is 4.90 Å². The summed E-state index contributed by atoms with van der Waals surface area (Å²) in [6.07, 6.45) is 4.16. The van der Waals surface area contributed by atoms with Crippen molar-refractivity contribution in [1.82, 2.24) is 14.7 Å². The maximum Gasteiger partial charge on any atom is 0.319 e. The van der Waals surface area contributed by atoms with E-state index in [1.54, 1.807) is 0 Å². The number of hydrogen-bond acceptors (Lipinski definition) is 3. The van der Waals surface area contributed by atoms with Gasteiger partial charge in [-0.1, -0.05) is 18.2 Å². The van der Waals surface area contributed by atoms with Crippen LogP contribution < -0.4 is 0 Å². The van der Waals surface area contributed by atoms with Crippen molar-refractivity contribution in [3.8, 4) is 0 Å². The molecule has 0 saturated carbocycles. The van der Waals surface area contributed by atoms with Crippen LogP contribution in [0.4, 0.5) is 4.79 Å². The van der Waals surface area contributed by atoms with E-state index in [-0.39, 0.29) is 24.0 Å². The number of urea groups is 1. The van der Waals surface area contributed by atoms with Crippen LogP contribution in [0.5, 0.6) is 0 Å². The first-order valence-corrected chi connectivity index (χ1v) is 9.32. The van der Waals surface area contributed by atoms with E-state index in [1.807, 2.05) is 30.0 Å². The molecule has 4 heterocycles. The van der Waals surface area contributed by atoms with E-state index in [0.717, 1.165) is 56.7 Å². The molecule has 1 aromatic heterocycles. The van der Waals surface area contributed by atoms with E-state index in [4.69, 9.17) is 4.42 Å². The fourth-order valence-corrected chi connectivity index (χ4v) is 5.15. The van der Waals surface area contributed by atoms with Gasteiger partial charge < -0.3 is 14.2 Å². The van der Waals surface area contributed by atoms with E-state index < -0.39 is 0 Å². The second-order valence-electron chi connectivity index (χ2n) is 7.93. The van der Waals surface area contributed by atoms with E-state index in [2.05, 4.69) is 23.1 Å². The Morgan fingerprint density at radius 3 is 2.73 bits per heavy atom. The van der Waals surface area contributed by atoms with Crippen LogP contribution in [0, 0.1) is 0 Å². The first-order valence-electron chi connectivity index (χ1n) is 9.32. The van der Waals surface area contributed by atoms with Crippen molar-refractivity contribution in [3.05, 3.63) is 35.6 Å². The van der Waals surface area contributed by atoms with E-state index in [9.17, 15) is 4.79 Å². The molecule has 0 radical (unpaired) electrons. The third-order valence-corrected chi connectivity index (χ3v) is 6.80. The highest BCUT2D eigenvalue weighted by atomic mass is 35.5. The Hall–Kier alpha value is -1.72. The van der Waals surface area contributed by atoms with Crippen LogP contribution in [0.3, 0.4) is 0 Å². The predicted molar refractivity (Wildman–Crippen MR) is 104 cm³/mol. The van der Waals surface area contributed by atoms with Gasteiger partial charge in [0.1, 0.15) is 11.3 Å². The number of piperidine rings is 1. The molecular formula is C20H26ClN3O2. The molecule has 3 aliphatic heterocycles. The second kappa shape index (κ2) is 6.17. The highest BCUT2D eigenvalue weighted by Gasteiger charge is 2.49. The number of halogens is 1. The summed E-state index contributed by atoms with van der Waals surface area (Å²) in [6, 6.07) is 8.83. The first-order chi connectivity index (χ1) is 12.1. The van der Waals surface area contributed by atoms with E-state index in [0.29, 0.717) is 6.04 Å². The number of rotatable bonds is 0. The molecule has 2 amide bonds. The number of benzene rings is 1. The van der Waals surface area contributed by atoms with Crippen molar-refractivity contribution in [2.45, 2.75) is 37.3 Å². The lowest BCUT2D eigenvalue weighted by atomic mass is 9.76. The van der Waals surface area contributed by atoms with Crippen LogP contribution in [0.1, 0.15) is 36.6 Å². The SMILES string of the molecule is CN1CC[C@]2(CCN3CCc4c(oc5ccccc45)[C@@H]3C2)N(C)C1=O.Cl. The van der Waals surface area contributed by atoms with Crippen molar-refractivity contribution in [2.24, 2.45) is 0 Å². The average molecular weight is 376 g/mol. The van der Waals surface area contributed by atoms with E-state index >= 15 is 0 Å². The van der Waals surface area contributed by atoms with Crippen LogP contribution in [0.15, 0.2) is 28.7 Å². The summed E-state index contributed by atoms with van der Waals surface area (Å²) in [4.78, 5) is 19.0. The molecule has 2 atom stereocenters. The smallest absolute Gasteiger partial charge is 0.319 e. The van der Waals surface area contributed by atoms with Crippen LogP contribution >= 0.6 is 12.4 Å². The Kier molecular flexibility index (Phi) is 4.20. The molecular weight excluding hydrogens is 350 g/mol. The van der Waals surface area contributed by atoms with Crippen LogP contribution in [-0.4, -0.2) is 60.0 Å². The van der Waals surface area contributed by atoms with Gasteiger partial charge in [0.25, 0.3) is 0 Å². The zero-order valence-electron chi connectivity index (χ0n) is 15.4. The van der Waals surface area contributed by atoms with Crippen molar-refractivity contribution in [3.63, 3.8) is 0 Å². The van der Waals surface area contributed by atoms with Gasteiger partial charge in [0.2, 0.25) is 0 Å². The van der Waals surface area contributed by atoms with Crippen molar-refractivity contribution >= 4 is 29.4 Å². The van der Waals surface area contributed by atoms with Crippen LogP contribution in [-0.2, 0) is 6.42 Å². The van der Waals surface area contributed by atoms with Gasteiger partial charge in [-0.15, -0.1) is 12.4 Å². The summed E-state index contributed by atoms with van der Waals surface area (Å²) in [5.74, 6) is 1.14. The third kappa shape index (κ3) is 2.37. The molecule has 1 spiro atoms. The van der Waals surface area contributed by atoms with Gasteiger partial charge in [-0.2, -0.15) is 0 Å². The summed E-state index contributed by atoms with van der Waals surface area (Å²) in [6.45, 7) is 2.99. The maximum atomic E-state index is 12.6. The number of carbonyl (C=O) groups excluding carboxylic acids is 1. The lowest BCUT2D eigenvalue weighted by molar-refractivity contribution is -0.0185. The number of hydrogen-bond donors (Lipinski definition) is 0. The Morgan fingerprint density at radius 1 is 1.12 bits per heavy atom. The number of amides is 2. The molecule has 0 unspecified atom stereocenters. The molecule has 2 saturated heterocycles. The fourth-order valence-electron chi connectivity index (χ4n) is 5.15. The maximum absolute atomic E-state index is 12.6. The van der Waals surface area contributed by atoms with Crippen molar-refractivity contribution in [2.75, 3.05) is 33.7 Å². The number of nitrogens with zero attached hydrogens (tertiary/aromatic N) is 3. The molecule has 5 rings (SSSR count). The second-order valence-corrected chi connectivity index (χ2v) is 7.93. The standard InChI is InChI=1S/C20H25N3O2.ClH/c1-21-11-8-20(22(2)19(21)24)9-12-23-10-7-15-14-5-3-4-6-17(14)25-18(15)16(23)13-20;/h3-6,16H,7-13H2,1-2H3;1H/t16-,20+;/m0./s1. The van der Waals surface area contributed by atoms with Crippen LogP contribution in [0.25, 0.3) is 11.0 Å². The molecule has 0 N–H and O–H groups in total. The van der Waals surface area contributed by atoms with Crippen LogP contribution in [0.2, 0.25) is 0 Å². The summed E-state index contributed by atoms with van der Waals surface area (Å²) >= 11 is 0. The molecule has 3 aliphatic rings. The lowest BCUT2D eigenvalue weighted by Crippen LogP contribution is -2.63. The minimum absolute atomic E-state index is 0. The topological polar surface area (TPSA) is 39.9 Å². The molecule has 1 aromatic carbocycles. The Morgan fingerprint density at radius 2 is 1.88 bits per heavy atom. The van der Waals surface area contributed by atoms with Crippen molar-refractivity contribution in [1.29, 1.82) is 0 Å². The minimum Gasteiger partial charge on any atom is -0.459 e. The van der Waals surface area contributed by atoms with Gasteiger partial charge in [0, 0.05) is 50.2 Å². The monoisotopic (exact) mass is 375 g/mol. The van der Waals surface area contributed by atoms with Gasteiger partial charge in [-0.25, -0.2) is 4.79 Å². The third-order valence-electron chi connectivity index (χ3n) is 6.80. The fraction of sp³-hybridized carbons (Fsp3) is 0.550. The predicted octanol–water partition coefficient (Wildman–Crippen LogP) is 3.67. The number of fused-ring (bicyclic) bond motifs is 5. The quantitative estimate of drug-likeness (QED) is 0.705. The first kappa shape index (κ1) is 17.7. The van der Waals surface area contributed by atoms with Gasteiger partial charge in [0.05, 0.1) is 6.04 Å². The largest absolute Gasteiger partial charge is 0.459 e. The molecule has 5 nitrogen and oxygen atoms in total. The Labute approximate surface area is 160 Å². The molecule has 2 aromatic rings. The summed E-state index contributed by atoms with van der Waals surface area (Å²) in [5, 5.41) is 1.27. The molecule has 140 valence electrons.